The Morgan fingerprint density at radius 2 is 1.45 bits per heavy atom. The summed E-state index contributed by atoms with van der Waals surface area (Å²) >= 11 is 0. The second kappa shape index (κ2) is 5.04. The number of hydrogen-bond acceptors (Lipinski definition) is 3. The zero-order valence-electron chi connectivity index (χ0n) is 10.9. The van der Waals surface area contributed by atoms with Crippen molar-refractivity contribution in [1.82, 2.24) is 0 Å². The summed E-state index contributed by atoms with van der Waals surface area (Å²) in [4.78, 5) is 0.335. The first-order valence-corrected chi connectivity index (χ1v) is 8.15. The van der Waals surface area contributed by atoms with Crippen LogP contribution in [-0.4, -0.2) is 25.4 Å². The van der Waals surface area contributed by atoms with Crippen LogP contribution in [0.25, 0.3) is 0 Å². The molecule has 0 spiro atoms. The van der Waals surface area contributed by atoms with Crippen molar-refractivity contribution >= 4 is 9.84 Å². The van der Waals surface area contributed by atoms with Gasteiger partial charge in [0.25, 0.3) is 0 Å². The molecule has 0 radical (unpaired) electrons. The van der Waals surface area contributed by atoms with Gasteiger partial charge in [-0.1, -0.05) is 48.5 Å². The summed E-state index contributed by atoms with van der Waals surface area (Å²) < 4.78 is 25.3. The highest BCUT2D eigenvalue weighted by Gasteiger charge is 2.58. The van der Waals surface area contributed by atoms with Gasteiger partial charge in [-0.25, -0.2) is 8.42 Å². The average molecular weight is 288 g/mol. The van der Waals surface area contributed by atoms with Crippen molar-refractivity contribution in [3.8, 4) is 0 Å². The molecule has 0 aliphatic heterocycles. The molecule has 0 bridgehead atoms. The molecule has 1 N–H and O–H groups in total. The predicted molar refractivity (Wildman–Crippen MR) is 77.2 cm³/mol. The van der Waals surface area contributed by atoms with Gasteiger partial charge in [0.15, 0.2) is 9.84 Å². The molecule has 2 aromatic rings. The largest absolute Gasteiger partial charge is 0.396 e. The molecule has 4 heteroatoms. The highest BCUT2D eigenvalue weighted by Crippen LogP contribution is 2.53. The minimum atomic E-state index is -3.38. The lowest BCUT2D eigenvalue weighted by molar-refractivity contribution is 0.274. The van der Waals surface area contributed by atoms with E-state index in [-0.39, 0.29) is 18.4 Å². The van der Waals surface area contributed by atoms with E-state index in [4.69, 9.17) is 0 Å². The van der Waals surface area contributed by atoms with Crippen LogP contribution in [-0.2, 0) is 9.84 Å². The molecule has 3 atom stereocenters. The lowest BCUT2D eigenvalue weighted by Gasteiger charge is -2.03. The SMILES string of the molecule is O=S(=O)(c1ccccc1)[C@H]1[C@H](CO)[C@@H]1c1ccccc1. The maximum atomic E-state index is 12.6. The standard InChI is InChI=1S/C16H16O3S/c17-11-14-15(12-7-3-1-4-8-12)16(14)20(18,19)13-9-5-2-6-10-13/h1-10,14-17H,11H2/t14-,15+,16+/m1/s1. The van der Waals surface area contributed by atoms with Crippen molar-refractivity contribution in [3.05, 3.63) is 66.2 Å². The first kappa shape index (κ1) is 13.3. The van der Waals surface area contributed by atoms with E-state index in [9.17, 15) is 13.5 Å². The van der Waals surface area contributed by atoms with Crippen molar-refractivity contribution < 1.29 is 13.5 Å². The van der Waals surface area contributed by atoms with E-state index in [1.807, 2.05) is 30.3 Å². The zero-order chi connectivity index (χ0) is 14.2. The quantitative estimate of drug-likeness (QED) is 0.938. The molecule has 1 aliphatic carbocycles. The van der Waals surface area contributed by atoms with Gasteiger partial charge in [-0.3, -0.25) is 0 Å². The van der Waals surface area contributed by atoms with Gasteiger partial charge in [-0.15, -0.1) is 0 Å². The van der Waals surface area contributed by atoms with Gasteiger partial charge in [0.05, 0.1) is 10.1 Å². The molecule has 1 saturated carbocycles. The third-order valence-corrected chi connectivity index (χ3v) is 6.21. The third kappa shape index (κ3) is 2.15. The van der Waals surface area contributed by atoms with E-state index in [2.05, 4.69) is 0 Å². The van der Waals surface area contributed by atoms with Crippen LogP contribution in [0.5, 0.6) is 0 Å². The Hall–Kier alpha value is -1.65. The van der Waals surface area contributed by atoms with Crippen molar-refractivity contribution in [2.75, 3.05) is 6.61 Å². The van der Waals surface area contributed by atoms with E-state index in [0.29, 0.717) is 4.90 Å². The molecule has 0 aromatic heterocycles. The summed E-state index contributed by atoms with van der Waals surface area (Å²) in [5, 5.41) is 8.94. The van der Waals surface area contributed by atoms with Gasteiger partial charge in [0.2, 0.25) is 0 Å². The number of aliphatic hydroxyl groups is 1. The van der Waals surface area contributed by atoms with Crippen molar-refractivity contribution in [2.24, 2.45) is 5.92 Å². The maximum Gasteiger partial charge on any atom is 0.182 e. The minimum Gasteiger partial charge on any atom is -0.396 e. The first-order valence-electron chi connectivity index (χ1n) is 6.61. The van der Waals surface area contributed by atoms with Crippen LogP contribution in [0, 0.1) is 5.92 Å². The van der Waals surface area contributed by atoms with Gasteiger partial charge in [-0.05, 0) is 17.7 Å². The Morgan fingerprint density at radius 1 is 0.900 bits per heavy atom. The van der Waals surface area contributed by atoms with Gasteiger partial charge in [0.1, 0.15) is 0 Å². The number of rotatable bonds is 4. The van der Waals surface area contributed by atoms with Gasteiger partial charge in [-0.2, -0.15) is 0 Å². The zero-order valence-corrected chi connectivity index (χ0v) is 11.7. The number of aliphatic hydroxyl groups excluding tert-OH is 1. The van der Waals surface area contributed by atoms with Crippen LogP contribution < -0.4 is 0 Å². The molecule has 1 aliphatic rings. The minimum absolute atomic E-state index is 0.101. The summed E-state index contributed by atoms with van der Waals surface area (Å²) in [7, 11) is -3.38. The molecule has 1 fully saturated rings. The Kier molecular flexibility index (Phi) is 3.36. The molecule has 20 heavy (non-hydrogen) atoms. The molecule has 104 valence electrons. The van der Waals surface area contributed by atoms with Gasteiger partial charge in [0, 0.05) is 18.4 Å². The maximum absolute atomic E-state index is 12.6. The Bertz CT molecular complexity index is 680. The second-order valence-electron chi connectivity index (χ2n) is 5.11. The summed E-state index contributed by atoms with van der Waals surface area (Å²) in [5.74, 6) is -0.311. The van der Waals surface area contributed by atoms with Crippen LogP contribution in [0.15, 0.2) is 65.6 Å². The molecule has 0 saturated heterocycles. The molecule has 0 unspecified atom stereocenters. The molecule has 2 aromatic carbocycles. The van der Waals surface area contributed by atoms with E-state index in [1.165, 1.54) is 0 Å². The first-order chi connectivity index (χ1) is 9.66. The van der Waals surface area contributed by atoms with E-state index < -0.39 is 15.1 Å². The lowest BCUT2D eigenvalue weighted by Crippen LogP contribution is -2.11. The van der Waals surface area contributed by atoms with Crippen LogP contribution in [0.3, 0.4) is 0 Å². The number of hydrogen-bond donors (Lipinski definition) is 1. The van der Waals surface area contributed by atoms with Crippen molar-refractivity contribution in [2.45, 2.75) is 16.1 Å². The molecular formula is C16H16O3S. The van der Waals surface area contributed by atoms with Crippen molar-refractivity contribution in [1.29, 1.82) is 0 Å². The molecular weight excluding hydrogens is 272 g/mol. The normalized spacial score (nSPS) is 25.4. The van der Waals surface area contributed by atoms with Crippen LogP contribution >= 0.6 is 0 Å². The van der Waals surface area contributed by atoms with Gasteiger partial charge < -0.3 is 5.11 Å². The Balaban J connectivity index is 1.95. The van der Waals surface area contributed by atoms with Crippen LogP contribution in [0.4, 0.5) is 0 Å². The van der Waals surface area contributed by atoms with Crippen LogP contribution in [0.2, 0.25) is 0 Å². The van der Waals surface area contributed by atoms with Crippen LogP contribution in [0.1, 0.15) is 11.5 Å². The summed E-state index contributed by atoms with van der Waals surface area (Å²) in [6.45, 7) is -0.101. The third-order valence-electron chi connectivity index (χ3n) is 3.92. The average Bonchev–Trinajstić information content (AvgIpc) is 3.24. The monoisotopic (exact) mass is 288 g/mol. The van der Waals surface area contributed by atoms with E-state index in [0.717, 1.165) is 5.56 Å². The summed E-state index contributed by atoms with van der Waals surface area (Å²) in [5.41, 5.74) is 0.982. The Labute approximate surface area is 118 Å². The fourth-order valence-corrected chi connectivity index (χ4v) is 5.08. The molecule has 3 rings (SSSR count). The second-order valence-corrected chi connectivity index (χ2v) is 7.21. The predicted octanol–water partition coefficient (Wildman–Crippen LogP) is 2.23. The molecule has 0 amide bonds. The highest BCUT2D eigenvalue weighted by atomic mass is 32.2. The van der Waals surface area contributed by atoms with E-state index in [1.54, 1.807) is 30.3 Å². The fraction of sp³-hybridized carbons (Fsp3) is 0.250. The highest BCUT2D eigenvalue weighted by molar-refractivity contribution is 7.92. The topological polar surface area (TPSA) is 54.4 Å². The smallest absolute Gasteiger partial charge is 0.182 e. The van der Waals surface area contributed by atoms with Crippen molar-refractivity contribution in [3.63, 3.8) is 0 Å². The fourth-order valence-electron chi connectivity index (χ4n) is 2.86. The number of benzene rings is 2. The molecule has 0 heterocycles. The van der Waals surface area contributed by atoms with Gasteiger partial charge >= 0.3 is 0 Å². The summed E-state index contributed by atoms with van der Waals surface area (Å²) in [6, 6.07) is 18.0. The number of sulfone groups is 1. The Morgan fingerprint density at radius 3 is 2.00 bits per heavy atom. The lowest BCUT2D eigenvalue weighted by atomic mass is 10.1. The van der Waals surface area contributed by atoms with E-state index >= 15 is 0 Å². The summed E-state index contributed by atoms with van der Waals surface area (Å²) in [6.07, 6.45) is 0. The molecule has 3 nitrogen and oxygen atoms in total.